The normalized spacial score (nSPS) is 11.3. The van der Waals surface area contributed by atoms with Gasteiger partial charge in [-0.25, -0.2) is 0 Å². The van der Waals surface area contributed by atoms with Crippen LogP contribution >= 0.6 is 11.8 Å². The van der Waals surface area contributed by atoms with E-state index in [0.717, 1.165) is 28.8 Å². The van der Waals surface area contributed by atoms with Gasteiger partial charge in [-0.1, -0.05) is 60.3 Å². The van der Waals surface area contributed by atoms with Crippen molar-refractivity contribution in [1.82, 2.24) is 19.3 Å². The van der Waals surface area contributed by atoms with E-state index < -0.39 is 0 Å². The fraction of sp³-hybridized carbons (Fsp3) is 0.200. The number of aromatic nitrogens is 4. The zero-order valence-electron chi connectivity index (χ0n) is 14.4. The highest BCUT2D eigenvalue weighted by molar-refractivity contribution is 7.98. The van der Waals surface area contributed by atoms with Crippen molar-refractivity contribution in [2.45, 2.75) is 24.4 Å². The van der Waals surface area contributed by atoms with Gasteiger partial charge in [0.15, 0.2) is 11.0 Å². The molecule has 0 fully saturated rings. The summed E-state index contributed by atoms with van der Waals surface area (Å²) >= 11 is 1.72. The molecule has 2 aromatic heterocycles. The molecule has 4 rings (SSSR count). The first-order valence-corrected chi connectivity index (χ1v) is 9.41. The number of hydrogen-bond donors (Lipinski definition) is 0. The number of hydrogen-bond acceptors (Lipinski definition) is 3. The lowest BCUT2D eigenvalue weighted by Gasteiger charge is -2.03. The minimum Gasteiger partial charge on any atom is -0.347 e. The molecule has 0 aliphatic heterocycles. The van der Waals surface area contributed by atoms with E-state index in [2.05, 4.69) is 81.0 Å². The third-order valence-electron chi connectivity index (χ3n) is 4.42. The summed E-state index contributed by atoms with van der Waals surface area (Å²) in [7, 11) is 2.04. The fourth-order valence-electron chi connectivity index (χ4n) is 3.08. The van der Waals surface area contributed by atoms with Crippen LogP contribution in [-0.2, 0) is 19.3 Å². The Morgan fingerprint density at radius 3 is 2.52 bits per heavy atom. The second-order valence-electron chi connectivity index (χ2n) is 5.99. The van der Waals surface area contributed by atoms with Crippen molar-refractivity contribution < 1.29 is 0 Å². The summed E-state index contributed by atoms with van der Waals surface area (Å²) in [5, 5.41) is 11.0. The maximum atomic E-state index is 4.47. The predicted molar refractivity (Wildman–Crippen MR) is 104 cm³/mol. The van der Waals surface area contributed by atoms with Crippen molar-refractivity contribution in [3.05, 3.63) is 66.4 Å². The Hall–Kier alpha value is -2.53. The Kier molecular flexibility index (Phi) is 4.32. The first-order valence-electron chi connectivity index (χ1n) is 8.42. The summed E-state index contributed by atoms with van der Waals surface area (Å²) in [6.45, 7) is 3.10. The highest BCUT2D eigenvalue weighted by atomic mass is 32.2. The first-order chi connectivity index (χ1) is 12.3. The molecule has 126 valence electrons. The second-order valence-corrected chi connectivity index (χ2v) is 6.93. The van der Waals surface area contributed by atoms with Crippen molar-refractivity contribution in [3.63, 3.8) is 0 Å². The lowest BCUT2D eigenvalue weighted by atomic mass is 10.1. The van der Waals surface area contributed by atoms with E-state index in [1.807, 2.05) is 13.1 Å². The van der Waals surface area contributed by atoms with E-state index in [-0.39, 0.29) is 0 Å². The van der Waals surface area contributed by atoms with Crippen LogP contribution in [0.5, 0.6) is 0 Å². The van der Waals surface area contributed by atoms with Gasteiger partial charge in [0.25, 0.3) is 0 Å². The van der Waals surface area contributed by atoms with E-state index in [9.17, 15) is 0 Å². The van der Waals surface area contributed by atoms with Crippen molar-refractivity contribution in [1.29, 1.82) is 0 Å². The van der Waals surface area contributed by atoms with E-state index in [0.29, 0.717) is 0 Å². The Balaban J connectivity index is 1.67. The van der Waals surface area contributed by atoms with Crippen molar-refractivity contribution >= 4 is 22.7 Å². The molecule has 4 nitrogen and oxygen atoms in total. The molecular weight excluding hydrogens is 328 g/mol. The van der Waals surface area contributed by atoms with Gasteiger partial charge < -0.3 is 9.13 Å². The third kappa shape index (κ3) is 2.96. The zero-order valence-corrected chi connectivity index (χ0v) is 15.2. The Morgan fingerprint density at radius 1 is 0.960 bits per heavy atom. The van der Waals surface area contributed by atoms with E-state index >= 15 is 0 Å². The van der Waals surface area contributed by atoms with Crippen molar-refractivity contribution in [2.75, 3.05) is 0 Å². The highest BCUT2D eigenvalue weighted by Crippen LogP contribution is 2.31. The van der Waals surface area contributed by atoms with Gasteiger partial charge in [0.05, 0.1) is 0 Å². The van der Waals surface area contributed by atoms with Crippen LogP contribution in [0.3, 0.4) is 0 Å². The van der Waals surface area contributed by atoms with Gasteiger partial charge in [0, 0.05) is 42.0 Å². The predicted octanol–water partition coefficient (Wildman–Crippen LogP) is 4.75. The number of benzene rings is 2. The summed E-state index contributed by atoms with van der Waals surface area (Å²) in [6, 6.07) is 18.9. The molecule has 0 saturated heterocycles. The first kappa shape index (κ1) is 16.0. The molecular formula is C20H20N4S. The smallest absolute Gasteiger partial charge is 0.191 e. The number of rotatable bonds is 5. The molecule has 5 heteroatoms. The van der Waals surface area contributed by atoms with Crippen LogP contribution in [0.4, 0.5) is 0 Å². The Labute approximate surface area is 151 Å². The highest BCUT2D eigenvalue weighted by Gasteiger charge is 2.16. The number of fused-ring (bicyclic) bond motifs is 1. The molecule has 4 aromatic rings. The second kappa shape index (κ2) is 6.76. The average molecular weight is 348 g/mol. The largest absolute Gasteiger partial charge is 0.347 e. The van der Waals surface area contributed by atoms with Crippen LogP contribution in [0.2, 0.25) is 0 Å². The van der Waals surface area contributed by atoms with Crippen LogP contribution in [0, 0.1) is 0 Å². The molecule has 0 atom stereocenters. The van der Waals surface area contributed by atoms with Gasteiger partial charge in [-0.2, -0.15) is 0 Å². The minimum absolute atomic E-state index is 0.892. The van der Waals surface area contributed by atoms with E-state index in [4.69, 9.17) is 0 Å². The average Bonchev–Trinajstić information content (AvgIpc) is 3.21. The van der Waals surface area contributed by atoms with Gasteiger partial charge in [-0.3, -0.25) is 0 Å². The molecule has 0 bridgehead atoms. The maximum Gasteiger partial charge on any atom is 0.191 e. The standard InChI is InChI=1S/C20H20N4S/c1-3-24-13-17(16-11-7-8-12-18(16)24)19-21-22-20(23(19)2)25-14-15-9-5-4-6-10-15/h4-13H,3,14H2,1-2H3. The van der Waals surface area contributed by atoms with Gasteiger partial charge in [-0.05, 0) is 18.6 Å². The summed E-state index contributed by atoms with van der Waals surface area (Å²) in [5.74, 6) is 1.81. The van der Waals surface area contributed by atoms with Crippen molar-refractivity contribution in [3.8, 4) is 11.4 Å². The lowest BCUT2D eigenvalue weighted by Crippen LogP contribution is -1.95. The van der Waals surface area contributed by atoms with Gasteiger partial charge >= 0.3 is 0 Å². The molecule has 0 spiro atoms. The third-order valence-corrected chi connectivity index (χ3v) is 5.51. The minimum atomic E-state index is 0.892. The monoisotopic (exact) mass is 348 g/mol. The van der Waals surface area contributed by atoms with Gasteiger partial charge in [-0.15, -0.1) is 10.2 Å². The lowest BCUT2D eigenvalue weighted by molar-refractivity contribution is 0.787. The Morgan fingerprint density at radius 2 is 1.72 bits per heavy atom. The summed E-state index contributed by atoms with van der Waals surface area (Å²) < 4.78 is 4.35. The molecule has 0 saturated carbocycles. The van der Waals surface area contributed by atoms with Crippen LogP contribution in [0.1, 0.15) is 12.5 Å². The summed E-state index contributed by atoms with van der Waals surface area (Å²) in [4.78, 5) is 0. The van der Waals surface area contributed by atoms with Crippen molar-refractivity contribution in [2.24, 2.45) is 7.05 Å². The molecule has 25 heavy (non-hydrogen) atoms. The van der Waals surface area contributed by atoms with E-state index in [1.165, 1.54) is 16.5 Å². The molecule has 0 amide bonds. The van der Waals surface area contributed by atoms with Crippen LogP contribution < -0.4 is 0 Å². The number of nitrogens with zero attached hydrogens (tertiary/aromatic N) is 4. The van der Waals surface area contributed by atoms with Crippen LogP contribution in [-0.4, -0.2) is 19.3 Å². The Bertz CT molecular complexity index is 1000. The summed E-state index contributed by atoms with van der Waals surface area (Å²) in [6.07, 6.45) is 2.18. The number of aryl methyl sites for hydroxylation is 1. The van der Waals surface area contributed by atoms with Crippen LogP contribution in [0.25, 0.3) is 22.3 Å². The van der Waals surface area contributed by atoms with Gasteiger partial charge in [0.1, 0.15) is 0 Å². The topological polar surface area (TPSA) is 35.6 Å². The van der Waals surface area contributed by atoms with Gasteiger partial charge in [0.2, 0.25) is 0 Å². The fourth-order valence-corrected chi connectivity index (χ4v) is 3.95. The number of thioether (sulfide) groups is 1. The molecule has 0 N–H and O–H groups in total. The summed E-state index contributed by atoms with van der Waals surface area (Å²) in [5.41, 5.74) is 3.67. The molecule has 0 aliphatic carbocycles. The molecule has 0 radical (unpaired) electrons. The quantitative estimate of drug-likeness (QED) is 0.488. The SMILES string of the molecule is CCn1cc(-c2nnc(SCc3ccccc3)n2C)c2ccccc21. The molecule has 2 heterocycles. The maximum absolute atomic E-state index is 4.47. The molecule has 2 aromatic carbocycles. The number of para-hydroxylation sites is 1. The van der Waals surface area contributed by atoms with Crippen LogP contribution in [0.15, 0.2) is 66.0 Å². The molecule has 0 unspecified atom stereocenters. The molecule has 0 aliphatic rings. The zero-order chi connectivity index (χ0) is 17.2. The van der Waals surface area contributed by atoms with E-state index in [1.54, 1.807) is 11.8 Å².